The molecule has 2 heterocycles. The summed E-state index contributed by atoms with van der Waals surface area (Å²) >= 11 is 0. The molecule has 0 saturated heterocycles. The molecule has 0 fully saturated rings. The molecular formula is C25H20N5NaO3S. The number of anilines is 1. The number of rotatable bonds is 4. The molecule has 0 saturated carbocycles. The second kappa shape index (κ2) is 9.80. The zero-order valence-electron chi connectivity index (χ0n) is 20.0. The molecule has 10 heteroatoms. The minimum absolute atomic E-state index is 0. The van der Waals surface area contributed by atoms with Crippen molar-refractivity contribution >= 4 is 48.9 Å². The van der Waals surface area contributed by atoms with E-state index in [9.17, 15) is 13.0 Å². The first-order valence-electron chi connectivity index (χ1n) is 10.3. The number of nitrogen functional groups attached to an aromatic ring is 1. The largest absolute Gasteiger partial charge is 1.00 e. The summed E-state index contributed by atoms with van der Waals surface area (Å²) in [4.78, 5) is 8.88. The number of nitrogens with zero attached hydrogens (tertiary/aromatic N) is 4. The van der Waals surface area contributed by atoms with Gasteiger partial charge in [0.25, 0.3) is 10.1 Å². The van der Waals surface area contributed by atoms with Crippen molar-refractivity contribution in [1.29, 1.82) is 0 Å². The number of para-hydroxylation sites is 1. The fourth-order valence-electron chi connectivity index (χ4n) is 3.81. The first-order valence-corrected chi connectivity index (χ1v) is 11.8. The molecule has 3 N–H and O–H groups in total. The predicted octanol–water partition coefficient (Wildman–Crippen LogP) is 3.12. The van der Waals surface area contributed by atoms with Gasteiger partial charge >= 0.3 is 29.6 Å². The number of benzene rings is 3. The number of aryl methyl sites for hydroxylation is 1. The number of fused-ring (bicyclic) bond motifs is 2. The first kappa shape index (κ1) is 24.9. The molecular weight excluding hydrogens is 473 g/mol. The Balaban J connectivity index is 0.00000180. The van der Waals surface area contributed by atoms with Crippen molar-refractivity contribution in [2.75, 3.05) is 5.73 Å². The third kappa shape index (κ3) is 4.95. The van der Waals surface area contributed by atoms with E-state index in [-0.39, 0.29) is 47.3 Å². The third-order valence-electron chi connectivity index (χ3n) is 5.46. The van der Waals surface area contributed by atoms with E-state index in [1.807, 2.05) is 43.3 Å². The molecule has 0 aliphatic heterocycles. The van der Waals surface area contributed by atoms with Crippen LogP contribution in [-0.4, -0.2) is 22.9 Å². The van der Waals surface area contributed by atoms with Gasteiger partial charge in [0.15, 0.2) is 0 Å². The van der Waals surface area contributed by atoms with Crippen molar-refractivity contribution in [3.05, 3.63) is 84.7 Å². The number of nitrogens with two attached hydrogens (primary N) is 1. The van der Waals surface area contributed by atoms with Gasteiger partial charge in [-0.2, -0.15) is 8.42 Å². The summed E-state index contributed by atoms with van der Waals surface area (Å²) in [7, 11) is -4.48. The molecule has 8 nitrogen and oxygen atoms in total. The first-order chi connectivity index (χ1) is 16.3. The van der Waals surface area contributed by atoms with E-state index in [4.69, 9.17) is 5.73 Å². The van der Waals surface area contributed by atoms with Crippen LogP contribution >= 0.6 is 0 Å². The van der Waals surface area contributed by atoms with Crippen molar-refractivity contribution in [2.45, 2.75) is 11.8 Å². The predicted molar refractivity (Wildman–Crippen MR) is 133 cm³/mol. The molecule has 2 aromatic heterocycles. The van der Waals surface area contributed by atoms with Gasteiger partial charge in [0, 0.05) is 27.4 Å². The Morgan fingerprint density at radius 1 is 0.943 bits per heavy atom. The maximum absolute atomic E-state index is 11.9. The van der Waals surface area contributed by atoms with Gasteiger partial charge in [0.1, 0.15) is 16.3 Å². The van der Waals surface area contributed by atoms with E-state index in [1.165, 1.54) is 6.07 Å². The topological polar surface area (TPSA) is 131 Å². The zero-order valence-corrected chi connectivity index (χ0v) is 21.9. The number of hydrogen-bond donors (Lipinski definition) is 2. The van der Waals surface area contributed by atoms with Crippen molar-refractivity contribution in [1.82, 2.24) is 9.97 Å². The maximum atomic E-state index is 11.9. The minimum Gasteiger partial charge on any atom is -1.00 e. The molecule has 5 aromatic rings. The van der Waals surface area contributed by atoms with Gasteiger partial charge in [-0.1, -0.05) is 48.5 Å². The van der Waals surface area contributed by atoms with Crippen molar-refractivity contribution in [3.63, 3.8) is 0 Å². The Labute approximate surface area is 225 Å². The Kier molecular flexibility index (Phi) is 6.98. The van der Waals surface area contributed by atoms with Crippen LogP contribution in [0.15, 0.2) is 94.1 Å². The summed E-state index contributed by atoms with van der Waals surface area (Å²) in [5, 5.41) is 10.1. The molecule has 0 amide bonds. The van der Waals surface area contributed by atoms with E-state index in [1.54, 1.807) is 36.5 Å². The molecule has 0 unspecified atom stereocenters. The van der Waals surface area contributed by atoms with Crippen LogP contribution in [0.2, 0.25) is 0 Å². The molecule has 170 valence electrons. The molecule has 0 atom stereocenters. The maximum Gasteiger partial charge on any atom is 1.00 e. The zero-order chi connectivity index (χ0) is 23.9. The van der Waals surface area contributed by atoms with Crippen LogP contribution in [0.4, 0.5) is 17.1 Å². The number of hydrogen-bond acceptors (Lipinski definition) is 7. The van der Waals surface area contributed by atoms with E-state index >= 15 is 0 Å². The van der Waals surface area contributed by atoms with Gasteiger partial charge in [-0.3, -0.25) is 14.5 Å². The molecule has 5 rings (SSSR count). The summed E-state index contributed by atoms with van der Waals surface area (Å²) in [6.45, 7) is 1.94. The number of pyridine rings is 2. The Bertz CT molecular complexity index is 1710. The van der Waals surface area contributed by atoms with Gasteiger partial charge < -0.3 is 7.16 Å². The molecule has 0 radical (unpaired) electrons. The van der Waals surface area contributed by atoms with E-state index < -0.39 is 10.1 Å². The molecule has 0 aliphatic rings. The van der Waals surface area contributed by atoms with E-state index in [0.717, 1.165) is 27.9 Å². The Morgan fingerprint density at radius 2 is 1.71 bits per heavy atom. The van der Waals surface area contributed by atoms with Crippen LogP contribution in [0.5, 0.6) is 0 Å². The fourth-order valence-corrected chi connectivity index (χ4v) is 4.53. The van der Waals surface area contributed by atoms with Crippen LogP contribution in [0.3, 0.4) is 0 Å². The molecule has 3 aromatic carbocycles. The SMILES string of the molecule is Cc1ccc2cccc(-c3ccc(N=Nc4cc(S(=O)(=O)O)c5ccccc5c4N)cn3)c2n1.[H-].[Na+]. The number of aromatic nitrogens is 2. The second-order valence-electron chi connectivity index (χ2n) is 7.76. The minimum atomic E-state index is -4.48. The quantitative estimate of drug-likeness (QED) is 0.171. The smallest absolute Gasteiger partial charge is 1.00 e. The average Bonchev–Trinajstić information content (AvgIpc) is 2.83. The Morgan fingerprint density at radius 3 is 2.43 bits per heavy atom. The molecule has 35 heavy (non-hydrogen) atoms. The van der Waals surface area contributed by atoms with Gasteiger partial charge in [-0.15, -0.1) is 10.2 Å². The van der Waals surface area contributed by atoms with E-state index in [2.05, 4.69) is 20.2 Å². The van der Waals surface area contributed by atoms with Crippen molar-refractivity contribution < 1.29 is 44.0 Å². The average molecular weight is 494 g/mol. The van der Waals surface area contributed by atoms with Crippen LogP contribution in [0, 0.1) is 6.92 Å². The summed E-state index contributed by atoms with van der Waals surface area (Å²) in [6.07, 6.45) is 1.56. The van der Waals surface area contributed by atoms with Gasteiger partial charge in [0.2, 0.25) is 0 Å². The standard InChI is InChI=1S/C25H19N5O3S.Na.H/c1-15-9-10-16-5-4-8-20(25(16)28-15)21-12-11-17(14-27-21)29-30-22-13-23(34(31,32)33)18-6-2-3-7-19(18)24(22)26;;/h2-14H,26H2,1H3,(H,31,32,33);;/q;+1;-1. The normalized spacial score (nSPS) is 11.7. The second-order valence-corrected chi connectivity index (χ2v) is 9.15. The molecule has 0 spiro atoms. The van der Waals surface area contributed by atoms with Gasteiger partial charge in [-0.25, -0.2) is 0 Å². The van der Waals surface area contributed by atoms with E-state index in [0.29, 0.717) is 16.5 Å². The monoisotopic (exact) mass is 493 g/mol. The van der Waals surface area contributed by atoms with Crippen LogP contribution in [0.25, 0.3) is 32.9 Å². The van der Waals surface area contributed by atoms with Gasteiger partial charge in [-0.05, 0) is 31.2 Å². The summed E-state index contributed by atoms with van der Waals surface area (Å²) in [5.41, 5.74) is 10.5. The molecule has 0 bridgehead atoms. The fraction of sp³-hybridized carbons (Fsp3) is 0.0400. The summed E-state index contributed by atoms with van der Waals surface area (Å²) in [5.74, 6) is 0. The summed E-state index contributed by atoms with van der Waals surface area (Å²) in [6, 6.07) is 21.3. The third-order valence-corrected chi connectivity index (χ3v) is 6.35. The van der Waals surface area contributed by atoms with Gasteiger partial charge in [0.05, 0.1) is 23.1 Å². The van der Waals surface area contributed by atoms with Crippen molar-refractivity contribution in [3.8, 4) is 11.3 Å². The summed E-state index contributed by atoms with van der Waals surface area (Å²) < 4.78 is 33.5. The van der Waals surface area contributed by atoms with Crippen LogP contribution < -0.4 is 35.3 Å². The van der Waals surface area contributed by atoms with Crippen LogP contribution in [0.1, 0.15) is 7.12 Å². The van der Waals surface area contributed by atoms with Crippen LogP contribution in [-0.2, 0) is 10.1 Å². The Hall–Kier alpha value is -3.21. The van der Waals surface area contributed by atoms with Crippen molar-refractivity contribution in [2.24, 2.45) is 10.2 Å². The number of azo groups is 1. The molecule has 0 aliphatic carbocycles.